The second-order valence-electron chi connectivity index (χ2n) is 6.96. The van der Waals surface area contributed by atoms with E-state index < -0.39 is 16.9 Å². The number of likely N-dealkylation sites (tertiary alicyclic amines) is 1. The first-order valence-electron chi connectivity index (χ1n) is 9.65. The molecule has 1 saturated heterocycles. The van der Waals surface area contributed by atoms with Crippen LogP contribution in [0.1, 0.15) is 23.2 Å². The van der Waals surface area contributed by atoms with Crippen molar-refractivity contribution in [1.82, 2.24) is 9.88 Å². The molecule has 0 radical (unpaired) electrons. The van der Waals surface area contributed by atoms with Crippen molar-refractivity contribution >= 4 is 45.3 Å². The van der Waals surface area contributed by atoms with Crippen molar-refractivity contribution < 1.29 is 14.5 Å². The highest BCUT2D eigenvalue weighted by Gasteiger charge is 2.35. The molecule has 31 heavy (non-hydrogen) atoms. The molecule has 3 aromatic rings. The zero-order chi connectivity index (χ0) is 21.8. The predicted molar refractivity (Wildman–Crippen MR) is 118 cm³/mol. The zero-order valence-corrected chi connectivity index (χ0v) is 17.2. The summed E-state index contributed by atoms with van der Waals surface area (Å²) in [5.41, 5.74) is 0.937. The zero-order valence-electron chi connectivity index (χ0n) is 16.4. The van der Waals surface area contributed by atoms with Crippen LogP contribution in [0.4, 0.5) is 22.2 Å². The highest BCUT2D eigenvalue weighted by Crippen LogP contribution is 2.30. The van der Waals surface area contributed by atoms with Crippen LogP contribution in [0.3, 0.4) is 0 Å². The lowest BCUT2D eigenvalue weighted by atomic mass is 10.1. The van der Waals surface area contributed by atoms with Crippen molar-refractivity contribution in [2.24, 2.45) is 0 Å². The average Bonchev–Trinajstić information content (AvgIpc) is 3.46. The van der Waals surface area contributed by atoms with Gasteiger partial charge in [-0.2, -0.15) is 0 Å². The molecule has 1 atom stereocenters. The third-order valence-corrected chi connectivity index (χ3v) is 5.66. The third kappa shape index (κ3) is 4.53. The Bertz CT molecular complexity index is 1100. The highest BCUT2D eigenvalue weighted by atomic mass is 32.1. The minimum absolute atomic E-state index is 0.166. The highest BCUT2D eigenvalue weighted by molar-refractivity contribution is 7.13. The topological polar surface area (TPSA) is 117 Å². The quantitative estimate of drug-likeness (QED) is 0.444. The molecule has 9 nitrogen and oxygen atoms in total. The molecule has 1 aromatic heterocycles. The van der Waals surface area contributed by atoms with E-state index >= 15 is 0 Å². The van der Waals surface area contributed by atoms with Crippen LogP contribution in [0.15, 0.2) is 60.1 Å². The second kappa shape index (κ2) is 8.92. The van der Waals surface area contributed by atoms with Crippen LogP contribution in [-0.2, 0) is 4.79 Å². The summed E-state index contributed by atoms with van der Waals surface area (Å²) in [4.78, 5) is 42.3. The van der Waals surface area contributed by atoms with Gasteiger partial charge in [0.1, 0.15) is 11.7 Å². The lowest BCUT2D eigenvalue weighted by Crippen LogP contribution is -2.43. The summed E-state index contributed by atoms with van der Waals surface area (Å²) in [6.45, 7) is 0.409. The van der Waals surface area contributed by atoms with E-state index in [9.17, 15) is 19.7 Å². The number of hydrogen-bond acceptors (Lipinski definition) is 7. The number of hydrogen-bond donors (Lipinski definition) is 2. The Labute approximate surface area is 181 Å². The fourth-order valence-corrected chi connectivity index (χ4v) is 4.05. The average molecular weight is 437 g/mol. The van der Waals surface area contributed by atoms with E-state index in [0.29, 0.717) is 30.2 Å². The number of thiazole rings is 1. The molecule has 0 aliphatic carbocycles. The minimum atomic E-state index is -0.641. The summed E-state index contributed by atoms with van der Waals surface area (Å²) in [5, 5.41) is 19.6. The van der Waals surface area contributed by atoms with Gasteiger partial charge in [-0.05, 0) is 37.1 Å². The molecule has 1 unspecified atom stereocenters. The first-order chi connectivity index (χ1) is 15.0. The molecule has 158 valence electrons. The van der Waals surface area contributed by atoms with Crippen LogP contribution in [0.5, 0.6) is 0 Å². The Morgan fingerprint density at radius 3 is 2.71 bits per heavy atom. The predicted octanol–water partition coefficient (Wildman–Crippen LogP) is 4.04. The number of benzene rings is 2. The van der Waals surface area contributed by atoms with Gasteiger partial charge in [0.05, 0.1) is 4.92 Å². The van der Waals surface area contributed by atoms with Crippen LogP contribution in [-0.4, -0.2) is 39.2 Å². The maximum atomic E-state index is 13.1. The molecule has 1 aliphatic rings. The smallest absolute Gasteiger partial charge is 0.293 e. The number of nitrogens with zero attached hydrogens (tertiary/aromatic N) is 3. The fraction of sp³-hybridized carbons (Fsp3) is 0.190. The maximum Gasteiger partial charge on any atom is 0.293 e. The molecular weight excluding hydrogens is 418 g/mol. The number of nitrogens with one attached hydrogen (secondary N) is 2. The fourth-order valence-electron chi connectivity index (χ4n) is 3.52. The van der Waals surface area contributed by atoms with Crippen LogP contribution in [0, 0.1) is 10.1 Å². The molecule has 1 fully saturated rings. The summed E-state index contributed by atoms with van der Waals surface area (Å²) in [6.07, 6.45) is 2.79. The molecule has 2 heterocycles. The first kappa shape index (κ1) is 20.5. The molecule has 0 spiro atoms. The Morgan fingerprint density at radius 1 is 1.19 bits per heavy atom. The van der Waals surface area contributed by atoms with Gasteiger partial charge in [-0.3, -0.25) is 19.7 Å². The summed E-state index contributed by atoms with van der Waals surface area (Å²) in [7, 11) is 0. The van der Waals surface area contributed by atoms with Gasteiger partial charge in [-0.15, -0.1) is 11.3 Å². The summed E-state index contributed by atoms with van der Waals surface area (Å²) in [5.74, 6) is -0.719. The van der Waals surface area contributed by atoms with E-state index in [-0.39, 0.29) is 22.8 Å². The number of para-hydroxylation sites is 1. The number of carbonyl (C=O) groups excluding carboxylic acids is 2. The second-order valence-corrected chi connectivity index (χ2v) is 7.86. The number of amides is 2. The van der Waals surface area contributed by atoms with Gasteiger partial charge in [0.2, 0.25) is 5.91 Å². The first-order valence-corrected chi connectivity index (χ1v) is 10.5. The van der Waals surface area contributed by atoms with Gasteiger partial charge >= 0.3 is 0 Å². The monoisotopic (exact) mass is 437 g/mol. The van der Waals surface area contributed by atoms with Crippen LogP contribution < -0.4 is 10.6 Å². The van der Waals surface area contributed by atoms with E-state index in [0.717, 1.165) is 0 Å². The van der Waals surface area contributed by atoms with Crippen LogP contribution >= 0.6 is 11.3 Å². The third-order valence-electron chi connectivity index (χ3n) is 4.97. The van der Waals surface area contributed by atoms with Gasteiger partial charge in [-0.25, -0.2) is 4.98 Å². The summed E-state index contributed by atoms with van der Waals surface area (Å²) < 4.78 is 0. The van der Waals surface area contributed by atoms with E-state index in [4.69, 9.17) is 0 Å². The van der Waals surface area contributed by atoms with Gasteiger partial charge in [0.15, 0.2) is 5.13 Å². The number of rotatable bonds is 6. The Kier molecular flexibility index (Phi) is 5.89. The van der Waals surface area contributed by atoms with Crippen molar-refractivity contribution in [2.75, 3.05) is 17.2 Å². The molecule has 4 rings (SSSR count). The number of nitro groups is 1. The number of aromatic nitrogens is 1. The van der Waals surface area contributed by atoms with E-state index in [2.05, 4.69) is 15.6 Å². The van der Waals surface area contributed by atoms with Crippen molar-refractivity contribution in [3.05, 3.63) is 75.8 Å². The molecule has 10 heteroatoms. The Morgan fingerprint density at radius 2 is 2.00 bits per heavy atom. The molecular formula is C21H19N5O4S. The van der Waals surface area contributed by atoms with Crippen LogP contribution in [0.25, 0.3) is 0 Å². The SMILES string of the molecule is O=C(Nc1nccs1)C1CCCN1C(=O)c1ccc(Nc2ccccc2)c([N+](=O)[O-])c1. The molecule has 1 aliphatic heterocycles. The lowest BCUT2D eigenvalue weighted by molar-refractivity contribution is -0.383. The van der Waals surface area contributed by atoms with E-state index in [1.165, 1.54) is 34.4 Å². The molecule has 2 amide bonds. The van der Waals surface area contributed by atoms with Crippen molar-refractivity contribution in [3.63, 3.8) is 0 Å². The maximum absolute atomic E-state index is 13.1. The van der Waals surface area contributed by atoms with E-state index in [1.807, 2.05) is 18.2 Å². The minimum Gasteiger partial charge on any atom is -0.350 e. The van der Waals surface area contributed by atoms with Crippen molar-refractivity contribution in [2.45, 2.75) is 18.9 Å². The van der Waals surface area contributed by atoms with E-state index in [1.54, 1.807) is 23.7 Å². The van der Waals surface area contributed by atoms with Gasteiger partial charge < -0.3 is 15.5 Å². The molecule has 2 aromatic carbocycles. The Balaban J connectivity index is 1.55. The largest absolute Gasteiger partial charge is 0.350 e. The van der Waals surface area contributed by atoms with Gasteiger partial charge in [0.25, 0.3) is 11.6 Å². The number of nitro benzene ring substituents is 1. The molecule has 0 saturated carbocycles. The van der Waals surface area contributed by atoms with Crippen molar-refractivity contribution in [3.8, 4) is 0 Å². The molecule has 0 bridgehead atoms. The number of carbonyl (C=O) groups is 2. The van der Waals surface area contributed by atoms with Gasteiger partial charge in [0, 0.05) is 35.4 Å². The summed E-state index contributed by atoms with van der Waals surface area (Å²) >= 11 is 1.30. The number of anilines is 3. The standard InChI is InChI=1S/C21H19N5O4S/c27-19(24-21-22-10-12-31-21)17-7-4-11-25(17)20(28)14-8-9-16(18(13-14)26(29)30)23-15-5-2-1-3-6-15/h1-3,5-6,8-10,12-13,17,23H,4,7,11H2,(H,22,24,27). The Hall–Kier alpha value is -3.79. The summed E-state index contributed by atoms with van der Waals surface area (Å²) in [6, 6.07) is 12.7. The van der Waals surface area contributed by atoms with Gasteiger partial charge in [-0.1, -0.05) is 18.2 Å². The van der Waals surface area contributed by atoms with Crippen LogP contribution in [0.2, 0.25) is 0 Å². The lowest BCUT2D eigenvalue weighted by Gasteiger charge is -2.23. The van der Waals surface area contributed by atoms with Crippen molar-refractivity contribution in [1.29, 1.82) is 0 Å². The molecule has 2 N–H and O–H groups in total. The normalized spacial score (nSPS) is 15.5.